The van der Waals surface area contributed by atoms with Crippen molar-refractivity contribution in [3.05, 3.63) is 87.3 Å². The highest BCUT2D eigenvalue weighted by Gasteiger charge is 2.24. The lowest BCUT2D eigenvalue weighted by Crippen LogP contribution is -2.37. The maximum atomic E-state index is 13.1. The normalized spacial score (nSPS) is 13.5. The first-order valence-electron chi connectivity index (χ1n) is 9.67. The van der Waals surface area contributed by atoms with Gasteiger partial charge < -0.3 is 4.90 Å². The smallest absolute Gasteiger partial charge is 0.254 e. The SMILES string of the molecule is Cc1cc2ncc3c(n2n1)CCN(C(=O)c1ccc(-c2ccc(Cl)c(Cl)c2)cc1)C3. The zero-order chi connectivity index (χ0) is 20.8. The average Bonchev–Trinajstić information content (AvgIpc) is 3.15. The molecule has 5 nitrogen and oxygen atoms in total. The molecule has 4 aromatic rings. The third kappa shape index (κ3) is 3.34. The molecule has 5 rings (SSSR count). The molecule has 3 heterocycles. The van der Waals surface area contributed by atoms with Crippen LogP contribution in [0.15, 0.2) is 54.7 Å². The number of halogens is 2. The van der Waals surface area contributed by atoms with E-state index in [4.69, 9.17) is 23.2 Å². The molecule has 0 atom stereocenters. The third-order valence-corrected chi connectivity index (χ3v) is 6.18. The highest BCUT2D eigenvalue weighted by molar-refractivity contribution is 6.42. The van der Waals surface area contributed by atoms with E-state index in [0.717, 1.165) is 40.1 Å². The van der Waals surface area contributed by atoms with E-state index in [-0.39, 0.29) is 5.91 Å². The minimum Gasteiger partial charge on any atom is -0.334 e. The number of rotatable bonds is 2. The second-order valence-corrected chi connectivity index (χ2v) is 8.28. The average molecular weight is 437 g/mol. The summed E-state index contributed by atoms with van der Waals surface area (Å²) in [6.07, 6.45) is 2.61. The molecule has 0 radical (unpaired) electrons. The van der Waals surface area contributed by atoms with Gasteiger partial charge in [-0.25, -0.2) is 9.50 Å². The molecular formula is C23H18Cl2N4O. The van der Waals surface area contributed by atoms with Gasteiger partial charge in [-0.1, -0.05) is 41.4 Å². The van der Waals surface area contributed by atoms with E-state index < -0.39 is 0 Å². The van der Waals surface area contributed by atoms with Crippen LogP contribution in [-0.2, 0) is 13.0 Å². The molecule has 0 fully saturated rings. The Hall–Kier alpha value is -2.89. The van der Waals surface area contributed by atoms with Gasteiger partial charge in [-0.15, -0.1) is 0 Å². The lowest BCUT2D eigenvalue weighted by Gasteiger charge is -2.29. The number of benzene rings is 2. The van der Waals surface area contributed by atoms with Crippen LogP contribution in [0.2, 0.25) is 10.0 Å². The van der Waals surface area contributed by atoms with E-state index >= 15 is 0 Å². The van der Waals surface area contributed by atoms with Crippen LogP contribution in [0, 0.1) is 6.92 Å². The molecule has 2 aromatic heterocycles. The molecule has 0 saturated heterocycles. The Morgan fingerprint density at radius 2 is 1.77 bits per heavy atom. The summed E-state index contributed by atoms with van der Waals surface area (Å²) in [5.41, 5.74) is 6.56. The Balaban J connectivity index is 1.37. The van der Waals surface area contributed by atoms with Crippen LogP contribution in [-0.4, -0.2) is 31.9 Å². The Labute approximate surface area is 183 Å². The van der Waals surface area contributed by atoms with Crippen LogP contribution in [0.1, 0.15) is 27.3 Å². The molecule has 30 heavy (non-hydrogen) atoms. The van der Waals surface area contributed by atoms with E-state index in [2.05, 4.69) is 10.1 Å². The van der Waals surface area contributed by atoms with Gasteiger partial charge in [0.2, 0.25) is 0 Å². The number of amides is 1. The molecule has 7 heteroatoms. The van der Waals surface area contributed by atoms with Gasteiger partial charge in [0.15, 0.2) is 5.65 Å². The molecule has 0 bridgehead atoms. The standard InChI is InChI=1S/C23H18Cl2N4O/c1-14-10-22-26-12-18-13-28(9-8-21(18)29(22)27-14)23(30)16-4-2-15(3-5-16)17-6-7-19(24)20(25)11-17/h2-7,10-12H,8-9,13H2,1H3. The van der Waals surface area contributed by atoms with Crippen molar-refractivity contribution in [2.75, 3.05) is 6.54 Å². The topological polar surface area (TPSA) is 50.5 Å². The van der Waals surface area contributed by atoms with Crippen molar-refractivity contribution >= 4 is 34.8 Å². The lowest BCUT2D eigenvalue weighted by molar-refractivity contribution is 0.0732. The third-order valence-electron chi connectivity index (χ3n) is 5.44. The number of carbonyl (C=O) groups is 1. The van der Waals surface area contributed by atoms with Crippen LogP contribution < -0.4 is 0 Å². The molecule has 150 valence electrons. The molecule has 1 aliphatic rings. The van der Waals surface area contributed by atoms with Gasteiger partial charge in [0.1, 0.15) is 0 Å². The Morgan fingerprint density at radius 3 is 2.53 bits per heavy atom. The predicted molar refractivity (Wildman–Crippen MR) is 118 cm³/mol. The molecule has 0 unspecified atom stereocenters. The highest BCUT2D eigenvalue weighted by Crippen LogP contribution is 2.29. The first-order chi connectivity index (χ1) is 14.5. The van der Waals surface area contributed by atoms with Gasteiger partial charge >= 0.3 is 0 Å². The second-order valence-electron chi connectivity index (χ2n) is 7.47. The van der Waals surface area contributed by atoms with Gasteiger partial charge in [0, 0.05) is 42.9 Å². The van der Waals surface area contributed by atoms with Crippen molar-refractivity contribution < 1.29 is 4.79 Å². The number of carbonyl (C=O) groups excluding carboxylic acids is 1. The van der Waals surface area contributed by atoms with Crippen molar-refractivity contribution in [3.8, 4) is 11.1 Å². The van der Waals surface area contributed by atoms with E-state index in [1.807, 2.05) is 65.0 Å². The quantitative estimate of drug-likeness (QED) is 0.433. The Kier molecular flexibility index (Phi) is 4.72. The van der Waals surface area contributed by atoms with Crippen molar-refractivity contribution in [2.24, 2.45) is 0 Å². The second kappa shape index (κ2) is 7.42. The maximum Gasteiger partial charge on any atom is 0.254 e. The van der Waals surface area contributed by atoms with E-state index in [0.29, 0.717) is 28.7 Å². The zero-order valence-corrected chi connectivity index (χ0v) is 17.8. The summed E-state index contributed by atoms with van der Waals surface area (Å²) in [4.78, 5) is 19.4. The zero-order valence-electron chi connectivity index (χ0n) is 16.3. The van der Waals surface area contributed by atoms with E-state index in [9.17, 15) is 4.79 Å². The van der Waals surface area contributed by atoms with Gasteiger partial charge in [0.05, 0.1) is 21.4 Å². The summed E-state index contributed by atoms with van der Waals surface area (Å²) >= 11 is 12.1. The van der Waals surface area contributed by atoms with Crippen molar-refractivity contribution in [1.82, 2.24) is 19.5 Å². The van der Waals surface area contributed by atoms with Gasteiger partial charge in [-0.3, -0.25) is 4.79 Å². The van der Waals surface area contributed by atoms with Crippen LogP contribution in [0.25, 0.3) is 16.8 Å². The Morgan fingerprint density at radius 1 is 1.00 bits per heavy atom. The fraction of sp³-hybridized carbons (Fsp3) is 0.174. The summed E-state index contributed by atoms with van der Waals surface area (Å²) in [5, 5.41) is 5.57. The molecule has 0 aliphatic carbocycles. The summed E-state index contributed by atoms with van der Waals surface area (Å²) in [6, 6.07) is 15.1. The summed E-state index contributed by atoms with van der Waals surface area (Å²) < 4.78 is 1.90. The first kappa shape index (κ1) is 19.1. The van der Waals surface area contributed by atoms with Crippen molar-refractivity contribution in [1.29, 1.82) is 0 Å². The van der Waals surface area contributed by atoms with Crippen LogP contribution in [0.5, 0.6) is 0 Å². The van der Waals surface area contributed by atoms with Gasteiger partial charge in [-0.2, -0.15) is 5.10 Å². The van der Waals surface area contributed by atoms with Crippen LogP contribution in [0.4, 0.5) is 0 Å². The number of aromatic nitrogens is 3. The fourth-order valence-electron chi connectivity index (χ4n) is 3.89. The number of hydrogen-bond donors (Lipinski definition) is 0. The number of nitrogens with zero attached hydrogens (tertiary/aromatic N) is 4. The van der Waals surface area contributed by atoms with Crippen molar-refractivity contribution in [2.45, 2.75) is 19.9 Å². The van der Waals surface area contributed by atoms with Crippen LogP contribution in [0.3, 0.4) is 0 Å². The van der Waals surface area contributed by atoms with Gasteiger partial charge in [0.25, 0.3) is 5.91 Å². The largest absolute Gasteiger partial charge is 0.334 e. The fourth-order valence-corrected chi connectivity index (χ4v) is 4.19. The number of aryl methyl sites for hydroxylation is 1. The summed E-state index contributed by atoms with van der Waals surface area (Å²) in [7, 11) is 0. The van der Waals surface area contributed by atoms with E-state index in [1.54, 1.807) is 6.07 Å². The van der Waals surface area contributed by atoms with Gasteiger partial charge in [-0.05, 0) is 42.3 Å². The molecule has 1 aliphatic heterocycles. The van der Waals surface area contributed by atoms with Crippen LogP contribution >= 0.6 is 23.2 Å². The molecule has 0 spiro atoms. The summed E-state index contributed by atoms with van der Waals surface area (Å²) in [5.74, 6) is 0.0121. The Bertz CT molecular complexity index is 1280. The number of hydrogen-bond acceptors (Lipinski definition) is 3. The molecular weight excluding hydrogens is 419 g/mol. The number of fused-ring (bicyclic) bond motifs is 3. The molecule has 0 N–H and O–H groups in total. The monoisotopic (exact) mass is 436 g/mol. The summed E-state index contributed by atoms with van der Waals surface area (Å²) in [6.45, 7) is 3.14. The molecule has 1 amide bonds. The minimum absolute atomic E-state index is 0.0121. The first-order valence-corrected chi connectivity index (χ1v) is 10.4. The predicted octanol–water partition coefficient (Wildman–Crippen LogP) is 5.21. The van der Waals surface area contributed by atoms with E-state index in [1.165, 1.54) is 0 Å². The molecule has 2 aromatic carbocycles. The highest BCUT2D eigenvalue weighted by atomic mass is 35.5. The minimum atomic E-state index is 0.0121. The maximum absolute atomic E-state index is 13.1. The van der Waals surface area contributed by atoms with Crippen molar-refractivity contribution in [3.63, 3.8) is 0 Å². The lowest BCUT2D eigenvalue weighted by atomic mass is 10.0. The molecule has 0 saturated carbocycles.